The fourth-order valence-corrected chi connectivity index (χ4v) is 3.80. The highest BCUT2D eigenvalue weighted by Gasteiger charge is 2.16. The van der Waals surface area contributed by atoms with Gasteiger partial charge < -0.3 is 0 Å². The van der Waals surface area contributed by atoms with Crippen molar-refractivity contribution in [2.45, 2.75) is 65.2 Å². The average molecular weight is 482 g/mol. The van der Waals surface area contributed by atoms with Gasteiger partial charge in [-0.2, -0.15) is 0 Å². The highest BCUT2D eigenvalue weighted by Crippen LogP contribution is 2.20. The molecule has 0 saturated carbocycles. The van der Waals surface area contributed by atoms with Gasteiger partial charge in [-0.25, -0.2) is 8.42 Å². The van der Waals surface area contributed by atoms with E-state index in [1.54, 1.807) is 42.5 Å². The summed E-state index contributed by atoms with van der Waals surface area (Å²) in [6.45, 7) is 12.5. The fourth-order valence-electron chi connectivity index (χ4n) is 2.70. The lowest BCUT2D eigenvalue weighted by molar-refractivity contribution is 0.101. The number of para-hydroxylation sites is 1. The van der Waals surface area contributed by atoms with Crippen LogP contribution < -0.4 is 4.72 Å². The molecule has 0 spiro atoms. The maximum absolute atomic E-state index is 12.2. The summed E-state index contributed by atoms with van der Waals surface area (Å²) in [5.41, 5.74) is 2.09. The van der Waals surface area contributed by atoms with Gasteiger partial charge in [0.1, 0.15) is 0 Å². The third kappa shape index (κ3) is 10.3. The molecule has 4 nitrogen and oxygen atoms in total. The van der Waals surface area contributed by atoms with Crippen molar-refractivity contribution in [1.82, 2.24) is 0 Å². The smallest absolute Gasteiger partial charge is 0.261 e. The number of hydrogen-bond acceptors (Lipinski definition) is 3. The predicted molar refractivity (Wildman–Crippen MR) is 144 cm³/mol. The molecule has 0 aliphatic heterocycles. The molecule has 3 aromatic rings. The van der Waals surface area contributed by atoms with Gasteiger partial charge in [-0.05, 0) is 55.0 Å². The van der Waals surface area contributed by atoms with Crippen LogP contribution in [0.2, 0.25) is 0 Å². The molecule has 0 saturated heterocycles. The largest absolute Gasteiger partial charge is 0.294 e. The maximum atomic E-state index is 12.2. The van der Waals surface area contributed by atoms with E-state index in [4.69, 9.17) is 0 Å². The quantitative estimate of drug-likeness (QED) is 0.348. The van der Waals surface area contributed by atoms with Gasteiger partial charge in [0, 0.05) is 5.56 Å². The van der Waals surface area contributed by atoms with Crippen LogP contribution >= 0.6 is 0 Å². The maximum Gasteiger partial charge on any atom is 0.261 e. The van der Waals surface area contributed by atoms with E-state index in [0.29, 0.717) is 17.2 Å². The molecule has 5 heteroatoms. The summed E-state index contributed by atoms with van der Waals surface area (Å²) < 4.78 is 26.7. The van der Waals surface area contributed by atoms with E-state index in [1.807, 2.05) is 0 Å². The van der Waals surface area contributed by atoms with Crippen LogP contribution in [0.4, 0.5) is 5.69 Å². The van der Waals surface area contributed by atoms with Gasteiger partial charge in [-0.3, -0.25) is 9.52 Å². The van der Waals surface area contributed by atoms with E-state index in [1.165, 1.54) is 37.5 Å². The first kappa shape index (κ1) is 29.1. The molecule has 0 fully saturated rings. The summed E-state index contributed by atoms with van der Waals surface area (Å²) in [4.78, 5) is 11.6. The van der Waals surface area contributed by atoms with Gasteiger partial charge in [0.25, 0.3) is 10.0 Å². The Bertz CT molecular complexity index is 1080. The lowest BCUT2D eigenvalue weighted by Crippen LogP contribution is -2.14. The number of carbonyl (C=O) groups is 1. The van der Waals surface area contributed by atoms with Crippen LogP contribution in [0.15, 0.2) is 89.8 Å². The van der Waals surface area contributed by atoms with Crippen molar-refractivity contribution in [3.63, 3.8) is 0 Å². The van der Waals surface area contributed by atoms with E-state index >= 15 is 0 Å². The summed E-state index contributed by atoms with van der Waals surface area (Å²) in [6, 6.07) is 25.2. The van der Waals surface area contributed by atoms with Crippen LogP contribution in [0.1, 0.15) is 76.2 Å². The van der Waals surface area contributed by atoms with Crippen molar-refractivity contribution in [3.05, 3.63) is 96.1 Å². The van der Waals surface area contributed by atoms with Crippen LogP contribution in [0, 0.1) is 5.92 Å². The van der Waals surface area contributed by atoms with E-state index in [0.717, 1.165) is 5.92 Å². The molecule has 1 N–H and O–H groups in total. The zero-order valence-electron chi connectivity index (χ0n) is 21.3. The Balaban J connectivity index is 0.000000321. The summed E-state index contributed by atoms with van der Waals surface area (Å²) >= 11 is 0. The van der Waals surface area contributed by atoms with Crippen LogP contribution in [0.25, 0.3) is 0 Å². The Labute approximate surface area is 206 Å². The summed E-state index contributed by atoms with van der Waals surface area (Å²) in [6.07, 6.45) is 2.53. The van der Waals surface area contributed by atoms with Gasteiger partial charge in [0.15, 0.2) is 5.78 Å². The van der Waals surface area contributed by atoms with Crippen LogP contribution in [-0.4, -0.2) is 14.2 Å². The average Bonchev–Trinajstić information content (AvgIpc) is 2.85. The lowest BCUT2D eigenvalue weighted by atomic mass is 9.99. The molecule has 0 radical (unpaired) electrons. The van der Waals surface area contributed by atoms with Gasteiger partial charge in [-0.15, -0.1) is 0 Å². The number of hydrogen-bond donors (Lipinski definition) is 1. The topological polar surface area (TPSA) is 63.2 Å². The highest BCUT2D eigenvalue weighted by molar-refractivity contribution is 7.92. The minimum atomic E-state index is -3.67. The van der Waals surface area contributed by atoms with E-state index in [9.17, 15) is 13.2 Å². The molecule has 0 aromatic heterocycles. The SMILES string of the molecule is CC(=O)c1ccccc1NS(=O)(=O)c1ccccc1.CCC(C)C.CCC(C)c1ccccc1. The molecule has 0 aliphatic carbocycles. The number of ketones is 1. The first-order valence-electron chi connectivity index (χ1n) is 11.8. The predicted octanol–water partition coefficient (Wildman–Crippen LogP) is 7.94. The molecule has 0 bridgehead atoms. The first-order chi connectivity index (χ1) is 16.1. The molecular formula is C29H39NO3S. The normalized spacial score (nSPS) is 11.4. The lowest BCUT2D eigenvalue weighted by Gasteiger charge is -2.10. The zero-order chi connectivity index (χ0) is 25.6. The number of benzene rings is 3. The number of nitrogens with one attached hydrogen (secondary N) is 1. The van der Waals surface area contributed by atoms with Gasteiger partial charge in [-0.1, -0.05) is 102 Å². The third-order valence-corrected chi connectivity index (χ3v) is 6.78. The summed E-state index contributed by atoms with van der Waals surface area (Å²) in [7, 11) is -3.67. The number of carbonyl (C=O) groups excluding carboxylic acids is 1. The van der Waals surface area contributed by atoms with Crippen LogP contribution in [0.5, 0.6) is 0 Å². The van der Waals surface area contributed by atoms with Gasteiger partial charge >= 0.3 is 0 Å². The Morgan fingerprint density at radius 2 is 1.24 bits per heavy atom. The second-order valence-electron chi connectivity index (χ2n) is 8.54. The van der Waals surface area contributed by atoms with E-state index in [-0.39, 0.29) is 10.7 Å². The van der Waals surface area contributed by atoms with Crippen molar-refractivity contribution in [1.29, 1.82) is 0 Å². The number of anilines is 1. The zero-order valence-corrected chi connectivity index (χ0v) is 22.1. The Morgan fingerprint density at radius 1 is 0.765 bits per heavy atom. The minimum absolute atomic E-state index is 0.161. The van der Waals surface area contributed by atoms with Crippen LogP contribution in [0.3, 0.4) is 0 Å². The number of Topliss-reactive ketones (excluding diaryl/α,β-unsaturated/α-hetero) is 1. The first-order valence-corrected chi connectivity index (χ1v) is 13.3. The van der Waals surface area contributed by atoms with Crippen LogP contribution in [-0.2, 0) is 10.0 Å². The molecule has 0 amide bonds. The summed E-state index contributed by atoms with van der Waals surface area (Å²) in [5.74, 6) is 1.41. The molecule has 0 aliphatic rings. The number of sulfonamides is 1. The molecule has 0 heterocycles. The Morgan fingerprint density at radius 3 is 1.71 bits per heavy atom. The summed E-state index contributed by atoms with van der Waals surface area (Å²) in [5, 5.41) is 0. The third-order valence-electron chi connectivity index (χ3n) is 5.40. The van der Waals surface area contributed by atoms with E-state index < -0.39 is 10.0 Å². The molecule has 34 heavy (non-hydrogen) atoms. The monoisotopic (exact) mass is 481 g/mol. The highest BCUT2D eigenvalue weighted by atomic mass is 32.2. The second kappa shape index (κ2) is 15.1. The molecule has 3 aromatic carbocycles. The second-order valence-corrected chi connectivity index (χ2v) is 10.2. The molecular weight excluding hydrogens is 442 g/mol. The van der Waals surface area contributed by atoms with Crippen molar-refractivity contribution >= 4 is 21.5 Å². The van der Waals surface area contributed by atoms with Crippen molar-refractivity contribution in [2.75, 3.05) is 4.72 Å². The Hall–Kier alpha value is -2.92. The molecule has 1 unspecified atom stereocenters. The molecule has 1 atom stereocenters. The van der Waals surface area contributed by atoms with Crippen molar-refractivity contribution in [3.8, 4) is 0 Å². The van der Waals surface area contributed by atoms with Gasteiger partial charge in [0.05, 0.1) is 10.6 Å². The molecule has 3 rings (SSSR count). The van der Waals surface area contributed by atoms with Crippen molar-refractivity contribution < 1.29 is 13.2 Å². The minimum Gasteiger partial charge on any atom is -0.294 e. The number of rotatable bonds is 7. The van der Waals surface area contributed by atoms with Crippen molar-refractivity contribution in [2.24, 2.45) is 5.92 Å². The van der Waals surface area contributed by atoms with Gasteiger partial charge in [0.2, 0.25) is 0 Å². The fraction of sp³-hybridized carbons (Fsp3) is 0.345. The van der Waals surface area contributed by atoms with E-state index in [2.05, 4.69) is 69.7 Å². The Kier molecular flexibility index (Phi) is 12.9. The molecule has 184 valence electrons. The standard InChI is InChI=1S/C14H13NO3S.C10H14.C5H12/c1-11(16)13-9-5-6-10-14(13)15-19(17,18)12-7-3-2-4-8-12;1-3-9(2)10-7-5-4-6-8-10;1-4-5(2)3/h2-10,15H,1H3;4-9H,3H2,1-2H3;5H,4H2,1-3H3.